The van der Waals surface area contributed by atoms with E-state index in [0.29, 0.717) is 34.1 Å². The number of thiophene rings is 1. The molecule has 1 amide bonds. The zero-order valence-corrected chi connectivity index (χ0v) is 16.2. The van der Waals surface area contributed by atoms with E-state index in [2.05, 4.69) is 0 Å². The predicted octanol–water partition coefficient (Wildman–Crippen LogP) is 4.82. The number of rotatable bonds is 7. The lowest BCUT2D eigenvalue weighted by molar-refractivity contribution is -0.131. The van der Waals surface area contributed by atoms with Crippen molar-refractivity contribution >= 4 is 40.4 Å². The number of hydrogen-bond donors (Lipinski definition) is 0. The maximum Gasteiger partial charge on any atom is 0.236 e. The van der Waals surface area contributed by atoms with Crippen LogP contribution in [0.5, 0.6) is 0 Å². The van der Waals surface area contributed by atoms with Gasteiger partial charge in [0, 0.05) is 35.1 Å². The van der Waals surface area contributed by atoms with E-state index < -0.39 is 0 Å². The molecule has 0 atom stereocenters. The molecule has 0 radical (unpaired) electrons. The molecule has 25 heavy (non-hydrogen) atoms. The normalized spacial score (nSPS) is 14.1. The van der Waals surface area contributed by atoms with Crippen LogP contribution >= 0.6 is 34.5 Å². The summed E-state index contributed by atoms with van der Waals surface area (Å²) in [6.45, 7) is 1.13. The Kier molecular flexibility index (Phi) is 6.00. The Labute approximate surface area is 160 Å². The topological polar surface area (TPSA) is 23.6 Å². The molecule has 1 aromatic carbocycles. The minimum atomic E-state index is -0.327. The molecule has 3 rings (SSSR count). The number of benzene rings is 1. The van der Waals surface area contributed by atoms with Crippen molar-refractivity contribution in [1.82, 2.24) is 9.80 Å². The Balaban J connectivity index is 1.64. The van der Waals surface area contributed by atoms with E-state index in [9.17, 15) is 9.18 Å². The Morgan fingerprint density at radius 2 is 2.00 bits per heavy atom. The fraction of sp³-hybridized carbons (Fsp3) is 0.389. The fourth-order valence-corrected chi connectivity index (χ4v) is 4.06. The van der Waals surface area contributed by atoms with Crippen LogP contribution in [0.3, 0.4) is 0 Å². The van der Waals surface area contributed by atoms with Gasteiger partial charge in [-0.25, -0.2) is 4.39 Å². The number of carbonyl (C=O) groups is 1. The first-order valence-corrected chi connectivity index (χ1v) is 9.66. The Morgan fingerprint density at radius 3 is 2.60 bits per heavy atom. The monoisotopic (exact) mass is 400 g/mol. The van der Waals surface area contributed by atoms with E-state index in [1.165, 1.54) is 17.4 Å². The van der Waals surface area contributed by atoms with Crippen LogP contribution < -0.4 is 0 Å². The van der Waals surface area contributed by atoms with Crippen molar-refractivity contribution in [3.8, 4) is 0 Å². The summed E-state index contributed by atoms with van der Waals surface area (Å²) in [5.41, 5.74) is 0.455. The van der Waals surface area contributed by atoms with Gasteiger partial charge in [0.2, 0.25) is 5.91 Å². The number of likely N-dealkylation sites (N-methyl/N-ethyl adjacent to an activating group) is 1. The predicted molar refractivity (Wildman–Crippen MR) is 101 cm³/mol. The minimum absolute atomic E-state index is 0.00360. The molecule has 2 aromatic rings. The van der Waals surface area contributed by atoms with Crippen LogP contribution in [0.1, 0.15) is 23.3 Å². The molecule has 0 unspecified atom stereocenters. The van der Waals surface area contributed by atoms with E-state index in [0.717, 1.165) is 17.7 Å². The van der Waals surface area contributed by atoms with E-state index in [-0.39, 0.29) is 18.3 Å². The number of amides is 1. The molecular formula is C18H19Cl2FN2OS. The summed E-state index contributed by atoms with van der Waals surface area (Å²) in [5, 5.41) is 0.402. The van der Waals surface area contributed by atoms with Crippen molar-refractivity contribution in [1.29, 1.82) is 0 Å². The molecule has 1 aliphatic rings. The second kappa shape index (κ2) is 8.04. The third-order valence-corrected chi connectivity index (χ3v) is 5.84. The van der Waals surface area contributed by atoms with Gasteiger partial charge in [0.25, 0.3) is 0 Å². The standard InChI is InChI=1S/C18H19Cl2FN2OS/c1-22(9-13-7-8-17(20)25-13)18(24)11-23(12-5-6-12)10-14-15(19)3-2-4-16(14)21/h2-4,7-8,12H,5-6,9-11H2,1H3. The second-order valence-corrected chi connectivity index (χ2v) is 8.50. The largest absolute Gasteiger partial charge is 0.340 e. The molecule has 1 aromatic heterocycles. The zero-order chi connectivity index (χ0) is 18.0. The maximum absolute atomic E-state index is 14.1. The lowest BCUT2D eigenvalue weighted by Gasteiger charge is -2.25. The highest BCUT2D eigenvalue weighted by Gasteiger charge is 2.32. The van der Waals surface area contributed by atoms with Crippen LogP contribution in [0.4, 0.5) is 4.39 Å². The van der Waals surface area contributed by atoms with E-state index in [4.69, 9.17) is 23.2 Å². The van der Waals surface area contributed by atoms with Crippen LogP contribution in [0, 0.1) is 5.82 Å². The van der Waals surface area contributed by atoms with Gasteiger partial charge in [0.15, 0.2) is 0 Å². The molecular weight excluding hydrogens is 382 g/mol. The highest BCUT2D eigenvalue weighted by Crippen LogP contribution is 2.30. The molecule has 3 nitrogen and oxygen atoms in total. The summed E-state index contributed by atoms with van der Waals surface area (Å²) < 4.78 is 14.8. The van der Waals surface area contributed by atoms with Crippen LogP contribution in [-0.4, -0.2) is 35.3 Å². The summed E-state index contributed by atoms with van der Waals surface area (Å²) in [5.74, 6) is -0.323. The Morgan fingerprint density at radius 1 is 1.24 bits per heavy atom. The quantitative estimate of drug-likeness (QED) is 0.665. The highest BCUT2D eigenvalue weighted by atomic mass is 35.5. The fourth-order valence-electron chi connectivity index (χ4n) is 2.69. The van der Waals surface area contributed by atoms with Crippen molar-refractivity contribution in [2.24, 2.45) is 0 Å². The van der Waals surface area contributed by atoms with Gasteiger partial charge < -0.3 is 4.90 Å². The van der Waals surface area contributed by atoms with Gasteiger partial charge in [-0.15, -0.1) is 11.3 Å². The van der Waals surface area contributed by atoms with Gasteiger partial charge in [-0.05, 0) is 37.1 Å². The molecule has 0 N–H and O–H groups in total. The average Bonchev–Trinajstić information content (AvgIpc) is 3.33. The smallest absolute Gasteiger partial charge is 0.236 e. The van der Waals surface area contributed by atoms with Gasteiger partial charge in [0.05, 0.1) is 17.4 Å². The highest BCUT2D eigenvalue weighted by molar-refractivity contribution is 7.16. The van der Waals surface area contributed by atoms with Crippen molar-refractivity contribution in [2.45, 2.75) is 32.0 Å². The number of nitrogens with zero attached hydrogens (tertiary/aromatic N) is 2. The lowest BCUT2D eigenvalue weighted by atomic mass is 10.2. The summed E-state index contributed by atoms with van der Waals surface area (Å²) in [4.78, 5) is 17.3. The number of carbonyl (C=O) groups excluding carboxylic acids is 1. The molecule has 1 fully saturated rings. The van der Waals surface area contributed by atoms with Crippen molar-refractivity contribution in [3.05, 3.63) is 55.9 Å². The zero-order valence-electron chi connectivity index (χ0n) is 13.8. The van der Waals surface area contributed by atoms with Gasteiger partial charge in [-0.2, -0.15) is 0 Å². The first kappa shape index (κ1) is 18.6. The summed E-state index contributed by atoms with van der Waals surface area (Å²) in [6.07, 6.45) is 2.06. The molecule has 0 saturated heterocycles. The van der Waals surface area contributed by atoms with Crippen LogP contribution in [-0.2, 0) is 17.9 Å². The molecule has 1 aliphatic carbocycles. The van der Waals surface area contributed by atoms with E-state index in [1.807, 2.05) is 17.0 Å². The maximum atomic E-state index is 14.1. The molecule has 134 valence electrons. The summed E-state index contributed by atoms with van der Waals surface area (Å²) in [7, 11) is 1.77. The van der Waals surface area contributed by atoms with E-state index >= 15 is 0 Å². The number of halogens is 3. The van der Waals surface area contributed by atoms with Crippen LogP contribution in [0.2, 0.25) is 9.36 Å². The van der Waals surface area contributed by atoms with Gasteiger partial charge in [-0.3, -0.25) is 9.69 Å². The SMILES string of the molecule is CN(Cc1ccc(Cl)s1)C(=O)CN(Cc1c(F)cccc1Cl)C1CC1. The van der Waals surface area contributed by atoms with Gasteiger partial charge >= 0.3 is 0 Å². The Bertz CT molecular complexity index is 743. The summed E-state index contributed by atoms with van der Waals surface area (Å²) in [6, 6.07) is 8.75. The van der Waals surface area contributed by atoms with Gasteiger partial charge in [-0.1, -0.05) is 29.3 Å². The molecule has 0 bridgehead atoms. The third kappa shape index (κ3) is 4.94. The Hall–Kier alpha value is -1.14. The third-order valence-electron chi connectivity index (χ3n) is 4.27. The minimum Gasteiger partial charge on any atom is -0.340 e. The molecule has 0 aliphatic heterocycles. The average molecular weight is 401 g/mol. The van der Waals surface area contributed by atoms with E-state index in [1.54, 1.807) is 24.1 Å². The van der Waals surface area contributed by atoms with Crippen LogP contribution in [0.15, 0.2) is 30.3 Å². The molecule has 7 heteroatoms. The molecule has 0 spiro atoms. The number of hydrogen-bond acceptors (Lipinski definition) is 3. The van der Waals surface area contributed by atoms with Crippen molar-refractivity contribution in [3.63, 3.8) is 0 Å². The van der Waals surface area contributed by atoms with Gasteiger partial charge in [0.1, 0.15) is 5.82 Å². The molecule has 1 saturated carbocycles. The summed E-state index contributed by atoms with van der Waals surface area (Å²) >= 11 is 13.5. The van der Waals surface area contributed by atoms with Crippen LogP contribution in [0.25, 0.3) is 0 Å². The lowest BCUT2D eigenvalue weighted by Crippen LogP contribution is -2.39. The first-order valence-electron chi connectivity index (χ1n) is 8.09. The molecule has 1 heterocycles. The van der Waals surface area contributed by atoms with Crippen molar-refractivity contribution in [2.75, 3.05) is 13.6 Å². The van der Waals surface area contributed by atoms with Crippen molar-refractivity contribution < 1.29 is 9.18 Å². The first-order chi connectivity index (χ1) is 11.9. The second-order valence-electron chi connectivity index (χ2n) is 6.29.